The maximum absolute atomic E-state index is 13.3. The number of hydrogen-bond donors (Lipinski definition) is 0. The highest BCUT2D eigenvalue weighted by molar-refractivity contribution is 7.98. The highest BCUT2D eigenvalue weighted by atomic mass is 32.2. The lowest BCUT2D eigenvalue weighted by atomic mass is 10.2. The van der Waals surface area contributed by atoms with Gasteiger partial charge in [-0.3, -0.25) is 14.3 Å². The highest BCUT2D eigenvalue weighted by Crippen LogP contribution is 2.24. The molecule has 0 unspecified atom stereocenters. The van der Waals surface area contributed by atoms with Gasteiger partial charge in [0.2, 0.25) is 0 Å². The summed E-state index contributed by atoms with van der Waals surface area (Å²) in [5, 5.41) is 1.39. The van der Waals surface area contributed by atoms with Gasteiger partial charge in [-0.2, -0.15) is 0 Å². The first kappa shape index (κ1) is 22.0. The van der Waals surface area contributed by atoms with Gasteiger partial charge < -0.3 is 4.74 Å². The van der Waals surface area contributed by atoms with Gasteiger partial charge in [-0.1, -0.05) is 36.0 Å². The smallest absolute Gasteiger partial charge is 0.262 e. The molecule has 0 atom stereocenters. The number of thioether (sulfide) groups is 1. The summed E-state index contributed by atoms with van der Waals surface area (Å²) in [7, 11) is 0. The monoisotopic (exact) mass is 461 g/mol. The first-order valence-electron chi connectivity index (χ1n) is 11.3. The van der Waals surface area contributed by atoms with E-state index in [1.165, 1.54) is 0 Å². The summed E-state index contributed by atoms with van der Waals surface area (Å²) in [6, 6.07) is 15.5. The number of para-hydroxylation sites is 3. The number of hydrogen-bond acceptors (Lipinski definition) is 7. The minimum Gasteiger partial charge on any atom is -0.379 e. The third-order valence-electron chi connectivity index (χ3n) is 5.97. The van der Waals surface area contributed by atoms with Crippen LogP contribution >= 0.6 is 11.8 Å². The van der Waals surface area contributed by atoms with Gasteiger partial charge in [0, 0.05) is 31.9 Å². The number of benzene rings is 2. The Morgan fingerprint density at radius 3 is 2.39 bits per heavy atom. The maximum atomic E-state index is 13.3. The Kier molecular flexibility index (Phi) is 6.66. The molecule has 33 heavy (non-hydrogen) atoms. The van der Waals surface area contributed by atoms with E-state index in [0.29, 0.717) is 17.7 Å². The van der Waals surface area contributed by atoms with Gasteiger partial charge in [0.15, 0.2) is 5.16 Å². The Labute approximate surface area is 196 Å². The minimum atomic E-state index is 0.0198. The van der Waals surface area contributed by atoms with Crippen LogP contribution in [0.1, 0.15) is 17.8 Å². The number of rotatable bonds is 7. The van der Waals surface area contributed by atoms with Gasteiger partial charge in [0.05, 0.1) is 46.5 Å². The van der Waals surface area contributed by atoms with E-state index < -0.39 is 0 Å². The Morgan fingerprint density at radius 2 is 1.61 bits per heavy atom. The molecule has 1 fully saturated rings. The fourth-order valence-electron chi connectivity index (χ4n) is 4.13. The highest BCUT2D eigenvalue weighted by Gasteiger charge is 2.15. The molecule has 0 N–H and O–H groups in total. The van der Waals surface area contributed by atoms with E-state index in [0.717, 1.165) is 72.4 Å². The van der Waals surface area contributed by atoms with Crippen molar-refractivity contribution in [3.8, 4) is 0 Å². The molecule has 0 saturated carbocycles. The Morgan fingerprint density at radius 1 is 0.909 bits per heavy atom. The molecule has 2 aromatic carbocycles. The maximum Gasteiger partial charge on any atom is 0.262 e. The molecule has 170 valence electrons. The zero-order chi connectivity index (χ0) is 22.6. The molecule has 0 aliphatic carbocycles. The SMILES string of the molecule is Cc1nc2ccccc2nc1CSc1nc2ccccc2c(=O)n1CCCN1CCOCC1. The standard InChI is InChI=1S/C25H27N5O2S/c1-18-23(27-22-10-5-4-9-21(22)26-18)17-33-25-28-20-8-3-2-7-19(20)24(31)30(25)12-6-11-29-13-15-32-16-14-29/h2-5,7-10H,6,11-17H2,1H3. The number of aromatic nitrogens is 4. The second-order valence-electron chi connectivity index (χ2n) is 8.21. The van der Waals surface area contributed by atoms with E-state index in [-0.39, 0.29) is 5.56 Å². The van der Waals surface area contributed by atoms with Crippen LogP contribution in [0, 0.1) is 6.92 Å². The molecule has 7 nitrogen and oxygen atoms in total. The van der Waals surface area contributed by atoms with Crippen LogP contribution in [0.2, 0.25) is 0 Å². The first-order valence-corrected chi connectivity index (χ1v) is 12.3. The Balaban J connectivity index is 1.40. The van der Waals surface area contributed by atoms with Crippen LogP contribution in [0.4, 0.5) is 0 Å². The fraction of sp³-hybridized carbons (Fsp3) is 0.360. The van der Waals surface area contributed by atoms with Crippen molar-refractivity contribution in [3.05, 3.63) is 70.3 Å². The number of fused-ring (bicyclic) bond motifs is 2. The van der Waals surface area contributed by atoms with Crippen molar-refractivity contribution in [2.45, 2.75) is 30.8 Å². The molecule has 0 amide bonds. The quantitative estimate of drug-likeness (QED) is 0.307. The molecule has 1 aliphatic heterocycles. The van der Waals surface area contributed by atoms with Gasteiger partial charge in [0.25, 0.3) is 5.56 Å². The first-order chi connectivity index (χ1) is 16.2. The van der Waals surface area contributed by atoms with Crippen LogP contribution in [0.25, 0.3) is 21.9 Å². The number of aryl methyl sites for hydroxylation is 1. The van der Waals surface area contributed by atoms with E-state index in [9.17, 15) is 4.79 Å². The van der Waals surface area contributed by atoms with Crippen LogP contribution in [0.15, 0.2) is 58.5 Å². The summed E-state index contributed by atoms with van der Waals surface area (Å²) in [5.74, 6) is 0.609. The summed E-state index contributed by atoms with van der Waals surface area (Å²) in [4.78, 5) is 30.1. The second kappa shape index (κ2) is 9.99. The Hall–Kier alpha value is -2.81. The minimum absolute atomic E-state index is 0.0198. The summed E-state index contributed by atoms with van der Waals surface area (Å²) in [6.45, 7) is 7.04. The van der Waals surface area contributed by atoms with E-state index in [2.05, 4.69) is 4.90 Å². The third kappa shape index (κ3) is 4.93. The van der Waals surface area contributed by atoms with Crippen LogP contribution in [-0.2, 0) is 17.0 Å². The van der Waals surface area contributed by atoms with Crippen molar-refractivity contribution < 1.29 is 4.74 Å². The summed E-state index contributed by atoms with van der Waals surface area (Å²) >= 11 is 1.55. The van der Waals surface area contributed by atoms with Crippen LogP contribution in [0.5, 0.6) is 0 Å². The summed E-state index contributed by atoms with van der Waals surface area (Å²) < 4.78 is 7.27. The molecule has 1 aliphatic rings. The van der Waals surface area contributed by atoms with Crippen LogP contribution in [-0.4, -0.2) is 57.3 Å². The van der Waals surface area contributed by atoms with Crippen LogP contribution in [0.3, 0.4) is 0 Å². The lowest BCUT2D eigenvalue weighted by Gasteiger charge is -2.26. The van der Waals surface area contributed by atoms with E-state index in [1.54, 1.807) is 11.8 Å². The molecule has 0 spiro atoms. The van der Waals surface area contributed by atoms with Crippen molar-refractivity contribution in [2.75, 3.05) is 32.8 Å². The van der Waals surface area contributed by atoms with Gasteiger partial charge in [0.1, 0.15) is 0 Å². The number of ether oxygens (including phenoxy) is 1. The predicted octanol–water partition coefficient (Wildman–Crippen LogP) is 3.66. The topological polar surface area (TPSA) is 73.1 Å². The molecule has 2 aromatic heterocycles. The summed E-state index contributed by atoms with van der Waals surface area (Å²) in [5.41, 5.74) is 4.35. The second-order valence-corrected chi connectivity index (χ2v) is 9.15. The number of nitrogens with zero attached hydrogens (tertiary/aromatic N) is 5. The average Bonchev–Trinajstić information content (AvgIpc) is 2.85. The van der Waals surface area contributed by atoms with Gasteiger partial charge in [-0.15, -0.1) is 0 Å². The van der Waals surface area contributed by atoms with Gasteiger partial charge in [-0.05, 0) is 37.6 Å². The molecule has 8 heteroatoms. The van der Waals surface area contributed by atoms with E-state index in [1.807, 2.05) is 60.0 Å². The lowest BCUT2D eigenvalue weighted by molar-refractivity contribution is 0.0368. The average molecular weight is 462 g/mol. The van der Waals surface area contributed by atoms with Crippen molar-refractivity contribution >= 4 is 33.7 Å². The molecule has 0 radical (unpaired) electrons. The Bertz CT molecular complexity index is 1330. The molecule has 3 heterocycles. The molecule has 1 saturated heterocycles. The molecule has 5 rings (SSSR count). The summed E-state index contributed by atoms with van der Waals surface area (Å²) in [6.07, 6.45) is 0.891. The van der Waals surface area contributed by atoms with Crippen molar-refractivity contribution in [3.63, 3.8) is 0 Å². The van der Waals surface area contributed by atoms with Crippen molar-refractivity contribution in [1.82, 2.24) is 24.4 Å². The third-order valence-corrected chi connectivity index (χ3v) is 6.95. The fourth-order valence-corrected chi connectivity index (χ4v) is 5.16. The van der Waals surface area contributed by atoms with Gasteiger partial charge >= 0.3 is 0 Å². The van der Waals surface area contributed by atoms with E-state index >= 15 is 0 Å². The molecule has 0 bridgehead atoms. The zero-order valence-corrected chi connectivity index (χ0v) is 19.6. The molecular formula is C25H27N5O2S. The largest absolute Gasteiger partial charge is 0.379 e. The predicted molar refractivity (Wildman–Crippen MR) is 132 cm³/mol. The normalized spacial score (nSPS) is 14.8. The van der Waals surface area contributed by atoms with Crippen LogP contribution < -0.4 is 5.56 Å². The molecule has 4 aromatic rings. The van der Waals surface area contributed by atoms with Gasteiger partial charge in [-0.25, -0.2) is 15.0 Å². The lowest BCUT2D eigenvalue weighted by Crippen LogP contribution is -2.37. The van der Waals surface area contributed by atoms with Crippen molar-refractivity contribution in [1.29, 1.82) is 0 Å². The molecular weight excluding hydrogens is 434 g/mol. The number of morpholine rings is 1. The zero-order valence-electron chi connectivity index (χ0n) is 18.7. The van der Waals surface area contributed by atoms with Crippen molar-refractivity contribution in [2.24, 2.45) is 0 Å². The van der Waals surface area contributed by atoms with E-state index in [4.69, 9.17) is 19.7 Å².